The topological polar surface area (TPSA) is 70.4 Å². The van der Waals surface area contributed by atoms with E-state index in [1.165, 1.54) is 18.9 Å². The molecule has 0 amide bonds. The van der Waals surface area contributed by atoms with Crippen molar-refractivity contribution in [2.24, 2.45) is 0 Å². The number of hydrogen-bond acceptors (Lipinski definition) is 5. The zero-order valence-electron chi connectivity index (χ0n) is 14.4. The second-order valence-corrected chi connectivity index (χ2v) is 7.45. The van der Waals surface area contributed by atoms with Crippen LogP contribution >= 0.6 is 38.5 Å². The predicted molar refractivity (Wildman–Crippen MR) is 112 cm³/mol. The molecular formula is C19H14BrIN2O4. The third-order valence-corrected chi connectivity index (χ3v) is 6.19. The molecule has 6 nitrogen and oxygen atoms in total. The molecule has 1 aromatic heterocycles. The molecule has 0 bridgehead atoms. The molecule has 0 saturated heterocycles. The minimum atomic E-state index is -0.678. The molecule has 0 aliphatic heterocycles. The van der Waals surface area contributed by atoms with E-state index in [2.05, 4.69) is 43.6 Å². The fraction of sp³-hybridized carbons (Fsp3) is 0.105. The van der Waals surface area contributed by atoms with Crippen LogP contribution in [0.5, 0.6) is 0 Å². The first-order chi connectivity index (χ1) is 13.0. The first kappa shape index (κ1) is 19.6. The van der Waals surface area contributed by atoms with Crippen LogP contribution in [-0.4, -0.2) is 35.9 Å². The minimum absolute atomic E-state index is 0.0141. The van der Waals surface area contributed by atoms with Crippen LogP contribution in [0.4, 0.5) is 0 Å². The third-order valence-electron chi connectivity index (χ3n) is 3.85. The van der Waals surface area contributed by atoms with Crippen molar-refractivity contribution in [3.05, 3.63) is 67.8 Å². The van der Waals surface area contributed by atoms with Crippen LogP contribution in [0.15, 0.2) is 53.0 Å². The molecule has 1 heterocycles. The highest BCUT2D eigenvalue weighted by Crippen LogP contribution is 2.32. The fourth-order valence-electron chi connectivity index (χ4n) is 2.60. The lowest BCUT2D eigenvalue weighted by molar-refractivity contribution is 0.0549. The van der Waals surface area contributed by atoms with Crippen molar-refractivity contribution >= 4 is 50.5 Å². The van der Waals surface area contributed by atoms with Gasteiger partial charge < -0.3 is 9.47 Å². The van der Waals surface area contributed by atoms with Gasteiger partial charge in [-0.3, -0.25) is 0 Å². The number of benzene rings is 2. The SMILES string of the molecule is COC(=O)c1c(-c2ccc(I)c(Br)c2)nn(-c2ccccc2)c1C(=O)OC. The van der Waals surface area contributed by atoms with E-state index >= 15 is 0 Å². The van der Waals surface area contributed by atoms with Gasteiger partial charge in [0.05, 0.1) is 19.9 Å². The number of aromatic nitrogens is 2. The van der Waals surface area contributed by atoms with E-state index in [0.29, 0.717) is 16.9 Å². The normalized spacial score (nSPS) is 10.5. The monoisotopic (exact) mass is 540 g/mol. The summed E-state index contributed by atoms with van der Waals surface area (Å²) in [6.45, 7) is 0. The lowest BCUT2D eigenvalue weighted by Gasteiger charge is -2.07. The van der Waals surface area contributed by atoms with Crippen molar-refractivity contribution in [2.45, 2.75) is 0 Å². The van der Waals surface area contributed by atoms with E-state index in [9.17, 15) is 9.59 Å². The molecule has 0 saturated carbocycles. The van der Waals surface area contributed by atoms with E-state index in [0.717, 1.165) is 8.04 Å². The molecule has 3 rings (SSSR count). The first-order valence-electron chi connectivity index (χ1n) is 7.78. The molecule has 0 N–H and O–H groups in total. The molecule has 0 aliphatic carbocycles. The van der Waals surface area contributed by atoms with Crippen molar-refractivity contribution < 1.29 is 19.1 Å². The largest absolute Gasteiger partial charge is 0.465 e. The van der Waals surface area contributed by atoms with Gasteiger partial charge in [0.15, 0.2) is 5.69 Å². The quantitative estimate of drug-likeness (QED) is 0.360. The molecule has 8 heteroatoms. The number of carbonyl (C=O) groups excluding carboxylic acids is 2. The Hall–Kier alpha value is -2.20. The second-order valence-electron chi connectivity index (χ2n) is 5.43. The molecule has 138 valence electrons. The lowest BCUT2D eigenvalue weighted by Crippen LogP contribution is -2.15. The Labute approximate surface area is 177 Å². The Morgan fingerprint density at radius 1 is 1.04 bits per heavy atom. The smallest absolute Gasteiger partial charge is 0.357 e. The van der Waals surface area contributed by atoms with Gasteiger partial charge in [-0.15, -0.1) is 0 Å². The number of methoxy groups -OCH3 is 2. The summed E-state index contributed by atoms with van der Waals surface area (Å²) in [5, 5.41) is 4.55. The number of rotatable bonds is 4. The number of hydrogen-bond donors (Lipinski definition) is 0. The molecule has 0 unspecified atom stereocenters. The fourth-order valence-corrected chi connectivity index (χ4v) is 3.31. The Morgan fingerprint density at radius 2 is 1.70 bits per heavy atom. The van der Waals surface area contributed by atoms with E-state index in [1.54, 1.807) is 12.1 Å². The van der Waals surface area contributed by atoms with Gasteiger partial charge in [-0.05, 0) is 62.8 Å². The van der Waals surface area contributed by atoms with Gasteiger partial charge in [0.25, 0.3) is 0 Å². The highest BCUT2D eigenvalue weighted by atomic mass is 127. The summed E-state index contributed by atoms with van der Waals surface area (Å²) in [6, 6.07) is 14.6. The van der Waals surface area contributed by atoms with Crippen LogP contribution < -0.4 is 0 Å². The summed E-state index contributed by atoms with van der Waals surface area (Å²) in [4.78, 5) is 25.1. The highest BCUT2D eigenvalue weighted by molar-refractivity contribution is 14.1. The number of ether oxygens (including phenoxy) is 2. The first-order valence-corrected chi connectivity index (χ1v) is 9.65. The maximum absolute atomic E-state index is 12.5. The Morgan fingerprint density at radius 3 is 2.30 bits per heavy atom. The van der Waals surface area contributed by atoms with Gasteiger partial charge in [-0.1, -0.05) is 24.3 Å². The number of halogens is 2. The van der Waals surface area contributed by atoms with Crippen molar-refractivity contribution in [3.8, 4) is 16.9 Å². The van der Waals surface area contributed by atoms with E-state index in [1.807, 2.05) is 36.4 Å². The summed E-state index contributed by atoms with van der Waals surface area (Å²) in [5.41, 5.74) is 1.70. The molecule has 0 aliphatic rings. The van der Waals surface area contributed by atoms with Gasteiger partial charge in [-0.25, -0.2) is 14.3 Å². The van der Waals surface area contributed by atoms with E-state index < -0.39 is 11.9 Å². The van der Waals surface area contributed by atoms with Crippen LogP contribution in [0.25, 0.3) is 16.9 Å². The Bertz CT molecular complexity index is 1020. The summed E-state index contributed by atoms with van der Waals surface area (Å²) in [5.74, 6) is -1.34. The second kappa shape index (κ2) is 8.22. The zero-order valence-corrected chi connectivity index (χ0v) is 18.1. The lowest BCUT2D eigenvalue weighted by atomic mass is 10.1. The molecule has 0 spiro atoms. The summed E-state index contributed by atoms with van der Waals surface area (Å²) < 4.78 is 13.1. The summed E-state index contributed by atoms with van der Waals surface area (Å²) in [7, 11) is 2.52. The van der Waals surface area contributed by atoms with Gasteiger partial charge >= 0.3 is 11.9 Å². The average Bonchev–Trinajstić information content (AvgIpc) is 3.10. The molecule has 0 radical (unpaired) electrons. The molecule has 3 aromatic rings. The maximum Gasteiger partial charge on any atom is 0.357 e. The predicted octanol–water partition coefficient (Wildman–Crippen LogP) is 4.48. The molecule has 2 aromatic carbocycles. The number of para-hydroxylation sites is 1. The van der Waals surface area contributed by atoms with Gasteiger partial charge in [0.1, 0.15) is 11.3 Å². The third kappa shape index (κ3) is 3.77. The number of nitrogens with zero attached hydrogens (tertiary/aromatic N) is 2. The Balaban J connectivity index is 2.36. The van der Waals surface area contributed by atoms with Crippen LogP contribution in [0, 0.1) is 3.57 Å². The van der Waals surface area contributed by atoms with E-state index in [-0.39, 0.29) is 11.3 Å². The molecule has 27 heavy (non-hydrogen) atoms. The highest BCUT2D eigenvalue weighted by Gasteiger charge is 2.31. The van der Waals surface area contributed by atoms with Crippen molar-refractivity contribution in [1.29, 1.82) is 0 Å². The molecular weight excluding hydrogens is 527 g/mol. The van der Waals surface area contributed by atoms with Crippen molar-refractivity contribution in [3.63, 3.8) is 0 Å². The number of carbonyl (C=O) groups is 2. The standard InChI is InChI=1S/C19H14BrIN2O4/c1-26-18(24)15-16(11-8-9-14(21)13(20)10-11)22-23(17(15)19(25)27-2)12-6-4-3-5-7-12/h3-10H,1-2H3. The number of esters is 2. The van der Waals surface area contributed by atoms with Crippen LogP contribution in [0.2, 0.25) is 0 Å². The average molecular weight is 541 g/mol. The van der Waals surface area contributed by atoms with Crippen molar-refractivity contribution in [1.82, 2.24) is 9.78 Å². The van der Waals surface area contributed by atoms with Crippen molar-refractivity contribution in [2.75, 3.05) is 14.2 Å². The van der Waals surface area contributed by atoms with Crippen LogP contribution in [0.1, 0.15) is 20.8 Å². The van der Waals surface area contributed by atoms with Crippen LogP contribution in [-0.2, 0) is 9.47 Å². The minimum Gasteiger partial charge on any atom is -0.465 e. The van der Waals surface area contributed by atoms with Gasteiger partial charge in [-0.2, -0.15) is 5.10 Å². The zero-order chi connectivity index (χ0) is 19.6. The van der Waals surface area contributed by atoms with E-state index in [4.69, 9.17) is 9.47 Å². The molecule has 0 fully saturated rings. The van der Waals surface area contributed by atoms with Gasteiger partial charge in [0, 0.05) is 13.6 Å². The van der Waals surface area contributed by atoms with Gasteiger partial charge in [0.2, 0.25) is 0 Å². The Kier molecular flexibility index (Phi) is 5.95. The maximum atomic E-state index is 12.5. The van der Waals surface area contributed by atoms with Crippen LogP contribution in [0.3, 0.4) is 0 Å². The summed E-state index contributed by atoms with van der Waals surface area (Å²) >= 11 is 5.67. The summed E-state index contributed by atoms with van der Waals surface area (Å²) in [6.07, 6.45) is 0. The molecule has 0 atom stereocenters.